The van der Waals surface area contributed by atoms with Crippen molar-refractivity contribution in [2.24, 2.45) is 0 Å². The molecule has 8 nitrogen and oxygen atoms in total. The second kappa shape index (κ2) is 11.1. The highest BCUT2D eigenvalue weighted by Gasteiger charge is 2.34. The molecule has 0 spiro atoms. The Morgan fingerprint density at radius 2 is 1.73 bits per heavy atom. The van der Waals surface area contributed by atoms with Gasteiger partial charge in [0, 0.05) is 45.8 Å². The average molecular weight is 467 g/mol. The van der Waals surface area contributed by atoms with E-state index in [2.05, 4.69) is 15.1 Å². The van der Waals surface area contributed by atoms with E-state index in [-0.39, 0.29) is 24.4 Å². The monoisotopic (exact) mass is 466 g/mol. The number of amides is 1. The summed E-state index contributed by atoms with van der Waals surface area (Å²) in [5.41, 5.74) is -0.587. The van der Waals surface area contributed by atoms with Crippen molar-refractivity contribution < 1.29 is 27.8 Å². The van der Waals surface area contributed by atoms with Crippen LogP contribution in [0.1, 0.15) is 32.8 Å². The lowest BCUT2D eigenvalue weighted by molar-refractivity contribution is -0.139. The van der Waals surface area contributed by atoms with Crippen LogP contribution in [0.15, 0.2) is 12.1 Å². The van der Waals surface area contributed by atoms with Crippen LogP contribution >= 0.6 is 0 Å². The number of alkyl carbamates (subject to hydrolysis) is 1. The predicted molar refractivity (Wildman–Crippen MR) is 117 cm³/mol. The number of hydrogen-bond acceptors (Lipinski definition) is 7. The number of fused-ring (bicyclic) bond motifs is 2. The molecule has 2 unspecified atom stereocenters. The van der Waals surface area contributed by atoms with Crippen LogP contribution in [0.5, 0.6) is 5.75 Å². The number of morpholine rings is 2. The molecule has 2 saturated heterocycles. The Labute approximate surface area is 193 Å². The molecule has 1 amide bonds. The SMILES string of the molecule is CC(C)(C)OC(=O)NCCCN1CC2CN(CCOc3c(F)cc(C#N)cc3F)CC(C1)O2. The van der Waals surface area contributed by atoms with Crippen LogP contribution in [0.25, 0.3) is 0 Å². The first-order valence-electron chi connectivity index (χ1n) is 11.2. The summed E-state index contributed by atoms with van der Waals surface area (Å²) in [6.07, 6.45) is 0.525. The second-order valence-corrected chi connectivity index (χ2v) is 9.41. The van der Waals surface area contributed by atoms with E-state index in [9.17, 15) is 13.6 Å². The fourth-order valence-corrected chi connectivity index (χ4v) is 4.07. The van der Waals surface area contributed by atoms with Crippen molar-refractivity contribution in [1.29, 1.82) is 5.26 Å². The molecule has 0 saturated carbocycles. The number of halogens is 2. The maximum absolute atomic E-state index is 14.0. The number of carbonyl (C=O) groups is 1. The summed E-state index contributed by atoms with van der Waals surface area (Å²) in [6, 6.07) is 3.65. The summed E-state index contributed by atoms with van der Waals surface area (Å²) in [4.78, 5) is 16.2. The van der Waals surface area contributed by atoms with Crippen LogP contribution in [0.2, 0.25) is 0 Å². The molecular weight excluding hydrogens is 434 g/mol. The number of benzene rings is 1. The summed E-state index contributed by atoms with van der Waals surface area (Å²) in [5.74, 6) is -2.20. The molecule has 1 aromatic rings. The fraction of sp³-hybridized carbons (Fsp3) is 0.652. The molecule has 2 heterocycles. The van der Waals surface area contributed by atoms with E-state index in [0.717, 1.165) is 38.2 Å². The number of nitrogens with zero attached hydrogens (tertiary/aromatic N) is 3. The van der Waals surface area contributed by atoms with Crippen LogP contribution in [0.3, 0.4) is 0 Å². The number of nitriles is 1. The smallest absolute Gasteiger partial charge is 0.407 e. The number of carbonyl (C=O) groups excluding carboxylic acids is 1. The largest absolute Gasteiger partial charge is 0.486 e. The van der Waals surface area contributed by atoms with Crippen molar-refractivity contribution >= 4 is 6.09 Å². The van der Waals surface area contributed by atoms with Crippen LogP contribution in [-0.4, -0.2) is 86.1 Å². The molecule has 33 heavy (non-hydrogen) atoms. The number of hydrogen-bond donors (Lipinski definition) is 1. The highest BCUT2D eigenvalue weighted by molar-refractivity contribution is 5.67. The lowest BCUT2D eigenvalue weighted by Gasteiger charge is -2.45. The van der Waals surface area contributed by atoms with Gasteiger partial charge in [-0.3, -0.25) is 9.80 Å². The predicted octanol–water partition coefficient (Wildman–Crippen LogP) is 2.52. The van der Waals surface area contributed by atoms with Gasteiger partial charge in [-0.15, -0.1) is 0 Å². The van der Waals surface area contributed by atoms with E-state index in [1.807, 2.05) is 20.8 Å². The fourth-order valence-electron chi connectivity index (χ4n) is 4.07. The third-order valence-corrected chi connectivity index (χ3v) is 5.33. The van der Waals surface area contributed by atoms with Gasteiger partial charge in [0.05, 0.1) is 23.8 Å². The molecule has 10 heteroatoms. The summed E-state index contributed by atoms with van der Waals surface area (Å²) < 4.78 is 44.5. The molecule has 2 atom stereocenters. The molecule has 3 rings (SSSR count). The highest BCUT2D eigenvalue weighted by Crippen LogP contribution is 2.24. The van der Waals surface area contributed by atoms with Gasteiger partial charge in [0.1, 0.15) is 12.2 Å². The van der Waals surface area contributed by atoms with E-state index < -0.39 is 29.1 Å². The molecular formula is C23H32F2N4O4. The van der Waals surface area contributed by atoms with Crippen molar-refractivity contribution in [2.75, 3.05) is 52.4 Å². The van der Waals surface area contributed by atoms with Crippen molar-refractivity contribution in [3.63, 3.8) is 0 Å². The van der Waals surface area contributed by atoms with Gasteiger partial charge in [0.15, 0.2) is 17.4 Å². The van der Waals surface area contributed by atoms with Gasteiger partial charge < -0.3 is 19.5 Å². The Bertz CT molecular complexity index is 834. The van der Waals surface area contributed by atoms with E-state index in [1.54, 1.807) is 6.07 Å². The first-order chi connectivity index (χ1) is 15.6. The Kier molecular flexibility index (Phi) is 8.46. The molecule has 0 radical (unpaired) electrons. The number of rotatable bonds is 8. The Balaban J connectivity index is 1.36. The van der Waals surface area contributed by atoms with Crippen molar-refractivity contribution in [3.05, 3.63) is 29.3 Å². The maximum Gasteiger partial charge on any atom is 0.407 e. The zero-order chi connectivity index (χ0) is 24.0. The van der Waals surface area contributed by atoms with E-state index >= 15 is 0 Å². The summed E-state index contributed by atoms with van der Waals surface area (Å²) in [7, 11) is 0. The topological polar surface area (TPSA) is 87.1 Å². The third-order valence-electron chi connectivity index (χ3n) is 5.33. The van der Waals surface area contributed by atoms with Gasteiger partial charge in [-0.25, -0.2) is 13.6 Å². The van der Waals surface area contributed by atoms with Crippen molar-refractivity contribution in [2.45, 2.75) is 45.0 Å². The van der Waals surface area contributed by atoms with Gasteiger partial charge in [-0.1, -0.05) is 0 Å². The van der Waals surface area contributed by atoms with E-state index in [4.69, 9.17) is 19.5 Å². The van der Waals surface area contributed by atoms with Gasteiger partial charge in [-0.05, 0) is 39.3 Å². The molecule has 2 bridgehead atoms. The minimum Gasteiger partial charge on any atom is -0.486 e. The molecule has 2 aliphatic heterocycles. The first kappa shape index (κ1) is 25.1. The standard InChI is InChI=1S/C23H32F2N4O4/c1-23(2,3)33-22(30)27-5-4-6-28-12-17-14-29(15-18(13-28)32-17)7-8-31-21-19(24)9-16(11-26)10-20(21)25/h9-10,17-18H,4-8,12-15H2,1-3H3,(H,27,30). The van der Waals surface area contributed by atoms with E-state index in [0.29, 0.717) is 26.2 Å². The zero-order valence-electron chi connectivity index (χ0n) is 19.4. The molecule has 2 fully saturated rings. The van der Waals surface area contributed by atoms with Gasteiger partial charge in [0.25, 0.3) is 0 Å². The third kappa shape index (κ3) is 7.81. The van der Waals surface area contributed by atoms with Crippen LogP contribution in [0.4, 0.5) is 13.6 Å². The highest BCUT2D eigenvalue weighted by atomic mass is 19.1. The van der Waals surface area contributed by atoms with Crippen molar-refractivity contribution in [3.8, 4) is 11.8 Å². The molecule has 2 aliphatic rings. The normalized spacial score (nSPS) is 21.3. The van der Waals surface area contributed by atoms with Gasteiger partial charge >= 0.3 is 6.09 Å². The summed E-state index contributed by atoms with van der Waals surface area (Å²) in [5, 5.41) is 11.5. The number of nitrogens with one attached hydrogen (secondary N) is 1. The molecule has 182 valence electrons. The van der Waals surface area contributed by atoms with Crippen LogP contribution in [0, 0.1) is 23.0 Å². The minimum atomic E-state index is -0.873. The lowest BCUT2D eigenvalue weighted by Crippen LogP contribution is -2.60. The first-order valence-corrected chi connectivity index (χ1v) is 11.2. The Hall–Kier alpha value is -2.48. The Morgan fingerprint density at radius 1 is 1.15 bits per heavy atom. The summed E-state index contributed by atoms with van der Waals surface area (Å²) >= 11 is 0. The second-order valence-electron chi connectivity index (χ2n) is 9.41. The molecule has 0 aromatic heterocycles. The average Bonchev–Trinajstić information content (AvgIpc) is 2.71. The van der Waals surface area contributed by atoms with Crippen LogP contribution in [-0.2, 0) is 9.47 Å². The van der Waals surface area contributed by atoms with E-state index in [1.165, 1.54) is 0 Å². The molecule has 1 N–H and O–H groups in total. The molecule has 1 aromatic carbocycles. The van der Waals surface area contributed by atoms with Crippen LogP contribution < -0.4 is 10.1 Å². The minimum absolute atomic E-state index is 0.0553. The van der Waals surface area contributed by atoms with Gasteiger partial charge in [0.2, 0.25) is 0 Å². The van der Waals surface area contributed by atoms with Gasteiger partial charge in [-0.2, -0.15) is 5.26 Å². The Morgan fingerprint density at radius 3 is 2.27 bits per heavy atom. The maximum atomic E-state index is 14.0. The number of ether oxygens (including phenoxy) is 3. The zero-order valence-corrected chi connectivity index (χ0v) is 19.4. The van der Waals surface area contributed by atoms with Crippen molar-refractivity contribution in [1.82, 2.24) is 15.1 Å². The summed E-state index contributed by atoms with van der Waals surface area (Å²) in [6.45, 7) is 10.6. The molecule has 0 aliphatic carbocycles. The quantitative estimate of drug-likeness (QED) is 0.589. The lowest BCUT2D eigenvalue weighted by atomic mass is 10.1.